The maximum atomic E-state index is 6.46. The first-order valence-corrected chi connectivity index (χ1v) is 18.7. The van der Waals surface area contributed by atoms with Gasteiger partial charge in [0.05, 0.1) is 17.4 Å². The van der Waals surface area contributed by atoms with Crippen LogP contribution in [0.4, 0.5) is 28.4 Å². The molecule has 54 heavy (non-hydrogen) atoms. The number of nitrogens with zero attached hydrogens (tertiary/aromatic N) is 2. The summed E-state index contributed by atoms with van der Waals surface area (Å²) < 4.78 is 6.46. The Hall–Kier alpha value is -6.84. The van der Waals surface area contributed by atoms with Crippen LogP contribution in [0.5, 0.6) is 0 Å². The van der Waals surface area contributed by atoms with Crippen LogP contribution in [-0.2, 0) is 0 Å². The molecular weight excluding hydrogens is 657 g/mol. The molecule has 1 aliphatic heterocycles. The van der Waals surface area contributed by atoms with Crippen LogP contribution in [0.1, 0.15) is 18.4 Å². The minimum Gasteiger partial charge on any atom is -0.456 e. The average molecular weight is 695 g/mol. The Morgan fingerprint density at radius 2 is 1.30 bits per heavy atom. The first-order chi connectivity index (χ1) is 26.7. The number of rotatable bonds is 7. The number of allylic oxidation sites excluding steroid dienone is 1. The monoisotopic (exact) mass is 694 g/mol. The molecule has 0 saturated carbocycles. The van der Waals surface area contributed by atoms with E-state index in [1.165, 1.54) is 32.8 Å². The molecule has 0 amide bonds. The van der Waals surface area contributed by atoms with E-state index in [4.69, 9.17) is 4.42 Å². The summed E-state index contributed by atoms with van der Waals surface area (Å²) in [4.78, 5) is 4.89. The molecule has 1 aromatic heterocycles. The second kappa shape index (κ2) is 13.0. The fraction of sp³-hybridized carbons (Fsp3) is 0.0588. The lowest BCUT2D eigenvalue weighted by Crippen LogP contribution is -2.27. The summed E-state index contributed by atoms with van der Waals surface area (Å²) in [6.45, 7) is 6.50. The Balaban J connectivity index is 1.23. The zero-order valence-corrected chi connectivity index (χ0v) is 30.1. The third kappa shape index (κ3) is 5.12. The van der Waals surface area contributed by atoms with Crippen LogP contribution in [-0.4, -0.2) is 6.04 Å². The minimum absolute atomic E-state index is 0.0528. The number of anilines is 5. The lowest BCUT2D eigenvalue weighted by Gasteiger charge is -2.30. The second-order valence-corrected chi connectivity index (χ2v) is 14.1. The van der Waals surface area contributed by atoms with Crippen molar-refractivity contribution < 1.29 is 4.42 Å². The number of hydrogen-bond donors (Lipinski definition) is 0. The minimum atomic E-state index is 0.0528. The van der Waals surface area contributed by atoms with Crippen molar-refractivity contribution in [3.8, 4) is 11.1 Å². The van der Waals surface area contributed by atoms with Crippen molar-refractivity contribution in [2.75, 3.05) is 9.80 Å². The molecule has 0 bridgehead atoms. The first-order valence-electron chi connectivity index (χ1n) is 18.7. The van der Waals surface area contributed by atoms with Gasteiger partial charge in [0.15, 0.2) is 0 Å². The van der Waals surface area contributed by atoms with Gasteiger partial charge in [0.25, 0.3) is 0 Å². The molecule has 0 aliphatic carbocycles. The predicted octanol–water partition coefficient (Wildman–Crippen LogP) is 14.4. The van der Waals surface area contributed by atoms with Crippen LogP contribution < -0.4 is 9.80 Å². The van der Waals surface area contributed by atoms with Crippen LogP contribution in [0.2, 0.25) is 0 Å². The van der Waals surface area contributed by atoms with E-state index in [0.29, 0.717) is 0 Å². The lowest BCUT2D eigenvalue weighted by atomic mass is 9.92. The standard InChI is InChI=1S/C51H38N2O/c1-3-14-42-45-29-25-36-24-27-39(32-46(36)51(45)53(47(42)4-2)38-26-23-34-15-8-9-18-37(34)31-38)52(48-21-12-10-19-41(48)35-16-6-5-7-17-35)40-28-30-44-43-20-11-13-22-49(43)54-50(44)33-40/h3-33,42,47H,2H2,1H3/b14-3-. The molecular formula is C51H38N2O. The van der Waals surface area contributed by atoms with Crippen molar-refractivity contribution in [2.24, 2.45) is 0 Å². The molecule has 10 rings (SSSR count). The summed E-state index contributed by atoms with van der Waals surface area (Å²) in [6.07, 6.45) is 6.61. The van der Waals surface area contributed by atoms with Crippen LogP contribution in [0, 0.1) is 0 Å². The van der Waals surface area contributed by atoms with E-state index >= 15 is 0 Å². The molecule has 2 unspecified atom stereocenters. The summed E-state index contributed by atoms with van der Waals surface area (Å²) >= 11 is 0. The highest BCUT2D eigenvalue weighted by Gasteiger charge is 2.37. The SMILES string of the molecule is C=CC1C(/C=C\C)c2ccc3ccc(N(c4ccc5c(c4)oc4ccccc45)c4ccccc4-c4ccccc4)cc3c2N1c1ccc2ccccc2c1. The summed E-state index contributed by atoms with van der Waals surface area (Å²) in [5.41, 5.74) is 10.9. The molecule has 9 aromatic rings. The Bertz CT molecular complexity index is 2900. The molecule has 0 radical (unpaired) electrons. The quantitative estimate of drug-likeness (QED) is 0.155. The summed E-state index contributed by atoms with van der Waals surface area (Å²) in [5.74, 6) is 0.160. The topological polar surface area (TPSA) is 19.6 Å². The third-order valence-electron chi connectivity index (χ3n) is 11.0. The zero-order valence-electron chi connectivity index (χ0n) is 30.1. The van der Waals surface area contributed by atoms with Crippen LogP contribution in [0.25, 0.3) is 54.6 Å². The summed E-state index contributed by atoms with van der Waals surface area (Å²) in [5, 5.41) is 7.08. The van der Waals surface area contributed by atoms with E-state index in [1.54, 1.807) is 0 Å². The van der Waals surface area contributed by atoms with Gasteiger partial charge in [0.1, 0.15) is 11.2 Å². The highest BCUT2D eigenvalue weighted by atomic mass is 16.3. The number of furan rings is 1. The van der Waals surface area contributed by atoms with Gasteiger partial charge in [-0.15, -0.1) is 6.58 Å². The van der Waals surface area contributed by atoms with Crippen molar-refractivity contribution in [2.45, 2.75) is 18.9 Å². The fourth-order valence-electron chi connectivity index (χ4n) is 8.60. The number of benzene rings is 8. The van der Waals surface area contributed by atoms with Gasteiger partial charge in [-0.1, -0.05) is 133 Å². The maximum Gasteiger partial charge on any atom is 0.137 e. The smallest absolute Gasteiger partial charge is 0.137 e. The van der Waals surface area contributed by atoms with Crippen molar-refractivity contribution in [3.63, 3.8) is 0 Å². The molecule has 0 spiro atoms. The number of para-hydroxylation sites is 2. The number of fused-ring (bicyclic) bond motifs is 7. The Morgan fingerprint density at radius 3 is 2.17 bits per heavy atom. The normalized spacial score (nSPS) is 15.5. The molecule has 8 aromatic carbocycles. The van der Waals surface area contributed by atoms with Crippen molar-refractivity contribution in [1.82, 2.24) is 0 Å². The number of hydrogen-bond acceptors (Lipinski definition) is 3. The molecule has 1 aliphatic rings. The van der Waals surface area contributed by atoms with Gasteiger partial charge < -0.3 is 14.2 Å². The molecule has 2 atom stereocenters. The van der Waals surface area contributed by atoms with E-state index in [0.717, 1.165) is 55.8 Å². The molecule has 258 valence electrons. The predicted molar refractivity (Wildman–Crippen MR) is 229 cm³/mol. The van der Waals surface area contributed by atoms with Crippen molar-refractivity contribution in [3.05, 3.63) is 200 Å². The van der Waals surface area contributed by atoms with Gasteiger partial charge in [-0.05, 0) is 82.7 Å². The highest BCUT2D eigenvalue weighted by molar-refractivity contribution is 6.07. The van der Waals surface area contributed by atoms with Crippen LogP contribution in [0.3, 0.4) is 0 Å². The summed E-state index contributed by atoms with van der Waals surface area (Å²) in [6, 6.07) is 61.2. The van der Waals surface area contributed by atoms with Gasteiger partial charge >= 0.3 is 0 Å². The largest absolute Gasteiger partial charge is 0.456 e. The first kappa shape index (κ1) is 31.9. The van der Waals surface area contributed by atoms with Gasteiger partial charge in [-0.3, -0.25) is 0 Å². The fourth-order valence-corrected chi connectivity index (χ4v) is 8.60. The van der Waals surface area contributed by atoms with Gasteiger partial charge in [-0.2, -0.15) is 0 Å². The summed E-state index contributed by atoms with van der Waals surface area (Å²) in [7, 11) is 0. The van der Waals surface area contributed by atoms with E-state index in [2.05, 4.69) is 199 Å². The van der Waals surface area contributed by atoms with E-state index in [-0.39, 0.29) is 12.0 Å². The van der Waals surface area contributed by atoms with Gasteiger partial charge in [-0.25, -0.2) is 0 Å². The average Bonchev–Trinajstić information content (AvgIpc) is 3.76. The Kier molecular flexibility index (Phi) is 7.66. The van der Waals surface area contributed by atoms with E-state index < -0.39 is 0 Å². The van der Waals surface area contributed by atoms with E-state index in [1.807, 2.05) is 12.1 Å². The maximum absolute atomic E-state index is 6.46. The molecule has 3 heteroatoms. The third-order valence-corrected chi connectivity index (χ3v) is 11.0. The van der Waals surface area contributed by atoms with Crippen LogP contribution in [0.15, 0.2) is 199 Å². The Morgan fingerprint density at radius 1 is 0.593 bits per heavy atom. The lowest BCUT2D eigenvalue weighted by molar-refractivity contribution is 0.669. The Labute approximate surface area is 315 Å². The molecule has 2 heterocycles. The van der Waals surface area contributed by atoms with Crippen molar-refractivity contribution in [1.29, 1.82) is 0 Å². The van der Waals surface area contributed by atoms with E-state index in [9.17, 15) is 0 Å². The molecule has 3 nitrogen and oxygen atoms in total. The van der Waals surface area contributed by atoms with Gasteiger partial charge in [0.2, 0.25) is 0 Å². The zero-order chi connectivity index (χ0) is 36.2. The van der Waals surface area contributed by atoms with Crippen molar-refractivity contribution >= 4 is 71.9 Å². The van der Waals surface area contributed by atoms with Crippen LogP contribution >= 0.6 is 0 Å². The molecule has 0 fully saturated rings. The molecule has 0 saturated heterocycles. The highest BCUT2D eigenvalue weighted by Crippen LogP contribution is 2.52. The van der Waals surface area contributed by atoms with Gasteiger partial charge in [0, 0.05) is 50.8 Å². The molecule has 0 N–H and O–H groups in total. The second-order valence-electron chi connectivity index (χ2n) is 14.1.